The number of aromatic nitrogens is 2. The molecule has 13 heteroatoms. The quantitative estimate of drug-likeness (QED) is 0.248. The zero-order valence-electron chi connectivity index (χ0n) is 19.6. The van der Waals surface area contributed by atoms with E-state index in [4.69, 9.17) is 47.2 Å². The number of halogens is 2. The van der Waals surface area contributed by atoms with Crippen LogP contribution in [0.1, 0.15) is 25.0 Å². The first-order valence-corrected chi connectivity index (χ1v) is 12.8. The molecule has 0 amide bonds. The van der Waals surface area contributed by atoms with E-state index in [-0.39, 0.29) is 6.01 Å². The van der Waals surface area contributed by atoms with E-state index >= 15 is 0 Å². The summed E-state index contributed by atoms with van der Waals surface area (Å²) in [4.78, 5) is 42.0. The molecule has 36 heavy (non-hydrogen) atoms. The van der Waals surface area contributed by atoms with Gasteiger partial charge in [0.15, 0.2) is 0 Å². The zero-order valence-corrected chi connectivity index (χ0v) is 22.1. The van der Waals surface area contributed by atoms with Gasteiger partial charge in [-0.25, -0.2) is 4.57 Å². The zero-order chi connectivity index (χ0) is 27.1. The van der Waals surface area contributed by atoms with Gasteiger partial charge in [-0.1, -0.05) is 47.5 Å². The van der Waals surface area contributed by atoms with E-state index in [0.717, 1.165) is 11.1 Å². The van der Waals surface area contributed by atoms with E-state index < -0.39 is 19.2 Å². The van der Waals surface area contributed by atoms with Gasteiger partial charge in [0.25, 0.3) is 0 Å². The standard InChI is InChI=1S/C23H23Cl2N3O3.H3O4P/c1-23(2,21(29)30)16-6-4-5-15(11-16)19-13-20(28-22(27-19)31-3)26-10-9-14-7-8-17(24)12-18(14)25;1-5(2,3)4/h4-8,11-13H,9-10H2,1-3H3,(H,29,30)(H,26,27,28);(H3,1,2,3,4). The number of rotatable bonds is 8. The second-order valence-electron chi connectivity index (χ2n) is 8.06. The fourth-order valence-corrected chi connectivity index (χ4v) is 3.50. The van der Waals surface area contributed by atoms with Crippen LogP contribution in [0.25, 0.3) is 11.3 Å². The van der Waals surface area contributed by atoms with Gasteiger partial charge >= 0.3 is 19.8 Å². The molecule has 0 fully saturated rings. The van der Waals surface area contributed by atoms with E-state index in [1.54, 1.807) is 38.1 Å². The van der Waals surface area contributed by atoms with Crippen molar-refractivity contribution < 1.29 is 33.9 Å². The number of aliphatic carboxylic acids is 1. The van der Waals surface area contributed by atoms with Crippen molar-refractivity contribution in [3.63, 3.8) is 0 Å². The number of nitrogens with zero attached hydrogens (tertiary/aromatic N) is 2. The number of benzene rings is 2. The van der Waals surface area contributed by atoms with Gasteiger partial charge < -0.3 is 29.8 Å². The minimum atomic E-state index is -4.64. The Kier molecular flexibility index (Phi) is 10.2. The highest BCUT2D eigenvalue weighted by molar-refractivity contribution is 7.45. The van der Waals surface area contributed by atoms with Gasteiger partial charge in [0.2, 0.25) is 0 Å². The van der Waals surface area contributed by atoms with Crippen molar-refractivity contribution in [1.82, 2.24) is 9.97 Å². The molecule has 1 aromatic heterocycles. The molecule has 3 rings (SSSR count). The lowest BCUT2D eigenvalue weighted by Gasteiger charge is -2.20. The maximum Gasteiger partial charge on any atom is 0.466 e. The number of carboxylic acid groups (broad SMARTS) is 1. The Hall–Kier alpha value is -2.72. The molecule has 0 spiro atoms. The van der Waals surface area contributed by atoms with Crippen molar-refractivity contribution in [1.29, 1.82) is 0 Å². The minimum Gasteiger partial charge on any atom is -0.481 e. The molecule has 3 aromatic rings. The number of anilines is 1. The van der Waals surface area contributed by atoms with Gasteiger partial charge in [-0.05, 0) is 49.6 Å². The third kappa shape index (κ3) is 9.05. The van der Waals surface area contributed by atoms with Gasteiger partial charge in [-0.15, -0.1) is 0 Å². The van der Waals surface area contributed by atoms with Crippen LogP contribution < -0.4 is 10.1 Å². The van der Waals surface area contributed by atoms with E-state index in [1.165, 1.54) is 7.11 Å². The number of ether oxygens (including phenoxy) is 1. The summed E-state index contributed by atoms with van der Waals surface area (Å²) in [6.07, 6.45) is 0.680. The lowest BCUT2D eigenvalue weighted by molar-refractivity contribution is -0.142. The molecule has 5 N–H and O–H groups in total. The molecule has 0 aliphatic rings. The molecule has 0 saturated carbocycles. The van der Waals surface area contributed by atoms with Crippen LogP contribution in [0.5, 0.6) is 6.01 Å². The molecular formula is C23H26Cl2N3O7P. The van der Waals surface area contributed by atoms with E-state index in [1.807, 2.05) is 24.3 Å². The molecule has 0 aliphatic heterocycles. The van der Waals surface area contributed by atoms with Crippen LogP contribution in [0.3, 0.4) is 0 Å². The normalized spacial score (nSPS) is 11.3. The van der Waals surface area contributed by atoms with Crippen LogP contribution >= 0.6 is 31.0 Å². The van der Waals surface area contributed by atoms with Crippen molar-refractivity contribution in [2.45, 2.75) is 25.7 Å². The number of hydrogen-bond acceptors (Lipinski definition) is 6. The van der Waals surface area contributed by atoms with E-state index in [9.17, 15) is 9.90 Å². The van der Waals surface area contributed by atoms with Crippen LogP contribution in [-0.2, 0) is 21.2 Å². The van der Waals surface area contributed by atoms with Crippen molar-refractivity contribution in [3.05, 3.63) is 69.7 Å². The number of carboxylic acids is 1. The molecule has 194 valence electrons. The van der Waals surface area contributed by atoms with Crippen molar-refractivity contribution >= 4 is 42.8 Å². The highest BCUT2D eigenvalue weighted by Gasteiger charge is 2.29. The van der Waals surface area contributed by atoms with Crippen molar-refractivity contribution in [2.75, 3.05) is 19.0 Å². The van der Waals surface area contributed by atoms with Gasteiger partial charge in [-0.3, -0.25) is 4.79 Å². The summed E-state index contributed by atoms with van der Waals surface area (Å²) >= 11 is 12.2. The lowest BCUT2D eigenvalue weighted by atomic mass is 9.84. The Morgan fingerprint density at radius 2 is 1.75 bits per heavy atom. The first kappa shape index (κ1) is 29.5. The Bertz CT molecular complexity index is 1260. The summed E-state index contributed by atoms with van der Waals surface area (Å²) in [5.41, 5.74) is 2.04. The predicted molar refractivity (Wildman–Crippen MR) is 138 cm³/mol. The smallest absolute Gasteiger partial charge is 0.466 e. The summed E-state index contributed by atoms with van der Waals surface area (Å²) in [6.45, 7) is 3.93. The molecule has 1 heterocycles. The number of nitrogens with one attached hydrogen (secondary N) is 1. The SMILES string of the molecule is COc1nc(NCCc2ccc(Cl)cc2Cl)cc(-c2cccc(C(C)(C)C(=O)O)c2)n1.O=P(O)(O)O. The molecule has 0 bridgehead atoms. The van der Waals surface area contributed by atoms with Gasteiger partial charge in [-0.2, -0.15) is 9.97 Å². The first-order chi connectivity index (χ1) is 16.7. The minimum absolute atomic E-state index is 0.215. The molecule has 2 aromatic carbocycles. The lowest BCUT2D eigenvalue weighted by Crippen LogP contribution is -2.28. The molecule has 0 aliphatic carbocycles. The summed E-state index contributed by atoms with van der Waals surface area (Å²) in [5, 5.41) is 14.0. The number of methoxy groups -OCH3 is 1. The Morgan fingerprint density at radius 3 is 2.33 bits per heavy atom. The van der Waals surface area contributed by atoms with Crippen LogP contribution in [0.4, 0.5) is 5.82 Å². The molecular weight excluding hydrogens is 532 g/mol. The third-order valence-electron chi connectivity index (χ3n) is 5.02. The summed E-state index contributed by atoms with van der Waals surface area (Å²) in [6, 6.07) is 14.8. The fraction of sp³-hybridized carbons (Fsp3) is 0.261. The Labute approximate surface area is 218 Å². The molecule has 0 saturated heterocycles. The Morgan fingerprint density at radius 1 is 1.08 bits per heavy atom. The number of hydrogen-bond donors (Lipinski definition) is 5. The number of phosphoric acid groups is 1. The first-order valence-electron chi connectivity index (χ1n) is 10.4. The topological polar surface area (TPSA) is 162 Å². The third-order valence-corrected chi connectivity index (χ3v) is 5.61. The maximum absolute atomic E-state index is 11.6. The largest absolute Gasteiger partial charge is 0.481 e. The second kappa shape index (κ2) is 12.5. The predicted octanol–water partition coefficient (Wildman–Crippen LogP) is 4.55. The average molecular weight is 558 g/mol. The van der Waals surface area contributed by atoms with E-state index in [0.29, 0.717) is 40.1 Å². The van der Waals surface area contributed by atoms with Gasteiger partial charge in [0.05, 0.1) is 18.2 Å². The monoisotopic (exact) mass is 557 g/mol. The summed E-state index contributed by atoms with van der Waals surface area (Å²) < 4.78 is 14.1. The highest BCUT2D eigenvalue weighted by Crippen LogP contribution is 2.29. The molecule has 10 nitrogen and oxygen atoms in total. The van der Waals surface area contributed by atoms with Crippen LogP contribution in [0.15, 0.2) is 48.5 Å². The van der Waals surface area contributed by atoms with Crippen LogP contribution in [0.2, 0.25) is 10.0 Å². The van der Waals surface area contributed by atoms with Crippen LogP contribution in [-0.4, -0.2) is 49.4 Å². The van der Waals surface area contributed by atoms with Crippen molar-refractivity contribution in [2.24, 2.45) is 0 Å². The molecule has 0 radical (unpaired) electrons. The Balaban J connectivity index is 0.000000830. The fourth-order valence-electron chi connectivity index (χ4n) is 3.00. The number of carbonyl (C=O) groups is 1. The molecule has 0 unspecified atom stereocenters. The maximum atomic E-state index is 11.6. The summed E-state index contributed by atoms with van der Waals surface area (Å²) in [5.74, 6) is -0.303. The van der Waals surface area contributed by atoms with Crippen LogP contribution in [0, 0.1) is 0 Å². The second-order valence-corrected chi connectivity index (χ2v) is 9.93. The van der Waals surface area contributed by atoms with Crippen molar-refractivity contribution in [3.8, 4) is 17.3 Å². The average Bonchev–Trinajstić information content (AvgIpc) is 2.79. The van der Waals surface area contributed by atoms with Gasteiger partial charge in [0.1, 0.15) is 5.82 Å². The summed E-state index contributed by atoms with van der Waals surface area (Å²) in [7, 11) is -3.14. The highest BCUT2D eigenvalue weighted by atomic mass is 35.5. The molecule has 0 atom stereocenters. The van der Waals surface area contributed by atoms with Gasteiger partial charge in [0, 0.05) is 28.2 Å². The van der Waals surface area contributed by atoms with E-state index in [2.05, 4.69) is 15.3 Å².